The van der Waals surface area contributed by atoms with Gasteiger partial charge in [0.1, 0.15) is 12.3 Å². The molecule has 1 saturated carbocycles. The number of anilines is 1. The fourth-order valence-corrected chi connectivity index (χ4v) is 6.06. The smallest absolute Gasteiger partial charge is 0.265 e. The Morgan fingerprint density at radius 1 is 1.17 bits per heavy atom. The monoisotopic (exact) mass is 435 g/mol. The Labute approximate surface area is 177 Å². The molecule has 1 aromatic rings. The van der Waals surface area contributed by atoms with Gasteiger partial charge in [-0.15, -0.1) is 0 Å². The van der Waals surface area contributed by atoms with Crippen LogP contribution in [0.3, 0.4) is 0 Å². The van der Waals surface area contributed by atoms with Crippen molar-refractivity contribution in [2.75, 3.05) is 31.1 Å². The zero-order valence-corrected chi connectivity index (χ0v) is 18.1. The van der Waals surface area contributed by atoms with Gasteiger partial charge in [-0.1, -0.05) is 19.8 Å². The van der Waals surface area contributed by atoms with Gasteiger partial charge in [-0.3, -0.25) is 14.5 Å². The first-order chi connectivity index (χ1) is 14.4. The molecule has 30 heavy (non-hydrogen) atoms. The molecular formula is C21H29N3O5S. The highest BCUT2D eigenvalue weighted by Crippen LogP contribution is 2.35. The van der Waals surface area contributed by atoms with Crippen LogP contribution in [0.1, 0.15) is 45.4 Å². The predicted octanol–water partition coefficient (Wildman–Crippen LogP) is 1.89. The molecule has 1 N–H and O–H groups in total. The number of hydrogen-bond donors (Lipinski definition) is 1. The molecule has 164 valence electrons. The topological polar surface area (TPSA) is 96.0 Å². The second kappa shape index (κ2) is 8.55. The van der Waals surface area contributed by atoms with Crippen LogP contribution in [0.25, 0.3) is 0 Å². The predicted molar refractivity (Wildman–Crippen MR) is 112 cm³/mol. The Bertz CT molecular complexity index is 927. The zero-order chi connectivity index (χ0) is 21.3. The Morgan fingerprint density at radius 2 is 1.90 bits per heavy atom. The average molecular weight is 436 g/mol. The summed E-state index contributed by atoms with van der Waals surface area (Å²) in [7, 11) is -3.58. The van der Waals surface area contributed by atoms with Gasteiger partial charge in [0.15, 0.2) is 6.61 Å². The van der Waals surface area contributed by atoms with Gasteiger partial charge in [-0.2, -0.15) is 4.31 Å². The molecule has 1 aromatic carbocycles. The third-order valence-corrected chi connectivity index (χ3v) is 8.23. The number of nitrogens with zero attached hydrogens (tertiary/aromatic N) is 2. The Balaban J connectivity index is 1.51. The molecule has 0 spiro atoms. The lowest BCUT2D eigenvalue weighted by Crippen LogP contribution is -2.49. The first-order valence-corrected chi connectivity index (χ1v) is 12.2. The summed E-state index contributed by atoms with van der Waals surface area (Å²) in [5.74, 6) is 0.218. The van der Waals surface area contributed by atoms with Crippen molar-refractivity contribution in [3.8, 4) is 5.75 Å². The van der Waals surface area contributed by atoms with Gasteiger partial charge in [-0.05, 0) is 43.7 Å². The number of benzene rings is 1. The molecule has 2 unspecified atom stereocenters. The van der Waals surface area contributed by atoms with Crippen molar-refractivity contribution in [2.24, 2.45) is 5.92 Å². The van der Waals surface area contributed by atoms with Crippen molar-refractivity contribution in [1.82, 2.24) is 9.62 Å². The summed E-state index contributed by atoms with van der Waals surface area (Å²) < 4.78 is 32.6. The van der Waals surface area contributed by atoms with E-state index in [9.17, 15) is 18.0 Å². The zero-order valence-electron chi connectivity index (χ0n) is 17.3. The van der Waals surface area contributed by atoms with Crippen LogP contribution in [0.4, 0.5) is 5.69 Å². The number of sulfonamides is 1. The van der Waals surface area contributed by atoms with Gasteiger partial charge < -0.3 is 10.1 Å². The van der Waals surface area contributed by atoms with Crippen LogP contribution in [0, 0.1) is 5.92 Å². The molecular weight excluding hydrogens is 406 g/mol. The first kappa shape index (κ1) is 21.1. The van der Waals surface area contributed by atoms with Crippen molar-refractivity contribution in [3.05, 3.63) is 18.2 Å². The van der Waals surface area contributed by atoms with Crippen LogP contribution < -0.4 is 15.0 Å². The lowest BCUT2D eigenvalue weighted by atomic mass is 9.86. The third-order valence-electron chi connectivity index (χ3n) is 6.34. The molecule has 2 amide bonds. The summed E-state index contributed by atoms with van der Waals surface area (Å²) in [5.41, 5.74) is 0.429. The molecule has 9 heteroatoms. The fraction of sp³-hybridized carbons (Fsp3) is 0.619. The highest BCUT2D eigenvalue weighted by atomic mass is 32.2. The number of amides is 2. The second-order valence-electron chi connectivity index (χ2n) is 8.45. The maximum absolute atomic E-state index is 12.8. The van der Waals surface area contributed by atoms with E-state index in [4.69, 9.17) is 4.74 Å². The van der Waals surface area contributed by atoms with E-state index in [0.717, 1.165) is 32.1 Å². The normalized spacial score (nSPS) is 25.0. The minimum atomic E-state index is -3.58. The largest absolute Gasteiger partial charge is 0.482 e. The van der Waals surface area contributed by atoms with Crippen LogP contribution in [-0.2, 0) is 19.6 Å². The van der Waals surface area contributed by atoms with Gasteiger partial charge in [0.25, 0.3) is 5.91 Å². The van der Waals surface area contributed by atoms with E-state index in [1.54, 1.807) is 6.07 Å². The van der Waals surface area contributed by atoms with Crippen LogP contribution in [0.15, 0.2) is 23.1 Å². The summed E-state index contributed by atoms with van der Waals surface area (Å²) in [6.45, 7) is 2.86. The number of nitrogens with one attached hydrogen (secondary N) is 1. The van der Waals surface area contributed by atoms with E-state index in [2.05, 4.69) is 12.2 Å². The molecule has 0 bridgehead atoms. The number of carbonyl (C=O) groups is 2. The molecule has 1 saturated heterocycles. The van der Waals surface area contributed by atoms with E-state index in [0.29, 0.717) is 30.4 Å². The molecule has 1 aliphatic carbocycles. The minimum absolute atomic E-state index is 0.101. The number of fused-ring (bicyclic) bond motifs is 1. The summed E-state index contributed by atoms with van der Waals surface area (Å²) in [4.78, 5) is 26.6. The van der Waals surface area contributed by atoms with E-state index >= 15 is 0 Å². The maximum Gasteiger partial charge on any atom is 0.265 e. The highest BCUT2D eigenvalue weighted by molar-refractivity contribution is 7.89. The van der Waals surface area contributed by atoms with Gasteiger partial charge in [0.05, 0.1) is 10.6 Å². The molecule has 2 aliphatic heterocycles. The van der Waals surface area contributed by atoms with Gasteiger partial charge in [-0.25, -0.2) is 8.42 Å². The molecule has 0 radical (unpaired) electrons. The van der Waals surface area contributed by atoms with Crippen molar-refractivity contribution < 1.29 is 22.7 Å². The van der Waals surface area contributed by atoms with Crippen molar-refractivity contribution in [3.63, 3.8) is 0 Å². The van der Waals surface area contributed by atoms with Crippen molar-refractivity contribution in [1.29, 1.82) is 0 Å². The molecule has 8 nitrogen and oxygen atoms in total. The highest BCUT2D eigenvalue weighted by Gasteiger charge is 2.32. The van der Waals surface area contributed by atoms with Crippen LogP contribution in [0.5, 0.6) is 5.75 Å². The summed E-state index contributed by atoms with van der Waals surface area (Å²) in [6, 6.07) is 4.65. The van der Waals surface area contributed by atoms with E-state index in [1.165, 1.54) is 27.8 Å². The Hall–Kier alpha value is -2.13. The van der Waals surface area contributed by atoms with Crippen LogP contribution in [0.2, 0.25) is 0 Å². The molecule has 2 fully saturated rings. The maximum atomic E-state index is 12.8. The second-order valence-corrected chi connectivity index (χ2v) is 10.4. The van der Waals surface area contributed by atoms with E-state index in [1.807, 2.05) is 0 Å². The van der Waals surface area contributed by atoms with Crippen LogP contribution >= 0.6 is 0 Å². The fourth-order valence-electron chi connectivity index (χ4n) is 4.52. The SMILES string of the molecule is CC1CCCCC1NC(=O)CN1C(=O)COc2cc(S(=O)(=O)N3CCCC3)ccc21. The molecule has 0 aromatic heterocycles. The lowest BCUT2D eigenvalue weighted by Gasteiger charge is -2.32. The molecule has 3 aliphatic rings. The Morgan fingerprint density at radius 3 is 2.63 bits per heavy atom. The van der Waals surface area contributed by atoms with E-state index < -0.39 is 10.0 Å². The minimum Gasteiger partial charge on any atom is -0.482 e. The van der Waals surface area contributed by atoms with Crippen molar-refractivity contribution in [2.45, 2.75) is 56.4 Å². The molecule has 2 heterocycles. The molecule has 4 rings (SSSR count). The molecule has 2 atom stereocenters. The Kier molecular flexibility index (Phi) is 6.02. The summed E-state index contributed by atoms with van der Waals surface area (Å²) >= 11 is 0. The summed E-state index contributed by atoms with van der Waals surface area (Å²) in [5, 5.41) is 3.06. The lowest BCUT2D eigenvalue weighted by molar-refractivity contribution is -0.126. The van der Waals surface area contributed by atoms with Crippen LogP contribution in [-0.4, -0.2) is 56.8 Å². The quantitative estimate of drug-likeness (QED) is 0.762. The van der Waals surface area contributed by atoms with Gasteiger partial charge in [0.2, 0.25) is 15.9 Å². The number of rotatable bonds is 5. The number of carbonyl (C=O) groups excluding carboxylic acids is 2. The van der Waals surface area contributed by atoms with Gasteiger partial charge >= 0.3 is 0 Å². The first-order valence-electron chi connectivity index (χ1n) is 10.7. The number of hydrogen-bond acceptors (Lipinski definition) is 5. The average Bonchev–Trinajstić information content (AvgIpc) is 3.27. The third kappa shape index (κ3) is 4.18. The standard InChI is InChI=1S/C21H29N3O5S/c1-15-6-2-3-7-17(15)22-20(25)13-24-18-9-8-16(12-19(18)29-14-21(24)26)30(27,28)23-10-4-5-11-23/h8-9,12,15,17H,2-7,10-11,13-14H2,1H3,(H,22,25). The van der Waals surface area contributed by atoms with Gasteiger partial charge in [0, 0.05) is 25.2 Å². The number of ether oxygens (including phenoxy) is 1. The summed E-state index contributed by atoms with van der Waals surface area (Å²) in [6.07, 6.45) is 6.06. The van der Waals surface area contributed by atoms with E-state index in [-0.39, 0.29) is 35.9 Å². The van der Waals surface area contributed by atoms with Crippen molar-refractivity contribution >= 4 is 27.5 Å².